The summed E-state index contributed by atoms with van der Waals surface area (Å²) in [5, 5.41) is 0. The summed E-state index contributed by atoms with van der Waals surface area (Å²) in [6.07, 6.45) is -0.555. The predicted molar refractivity (Wildman–Crippen MR) is 55.3 cm³/mol. The molecule has 0 aromatic carbocycles. The van der Waals surface area contributed by atoms with E-state index < -0.39 is 11.7 Å². The van der Waals surface area contributed by atoms with Crippen molar-refractivity contribution in [2.75, 3.05) is 20.1 Å². The smallest absolute Gasteiger partial charge is 0.410 e. The lowest BCUT2D eigenvalue weighted by molar-refractivity contribution is -0.118. The number of ether oxygens (including phenoxy) is 1. The zero-order valence-corrected chi connectivity index (χ0v) is 9.53. The van der Waals surface area contributed by atoms with E-state index in [1.54, 1.807) is 20.8 Å². The van der Waals surface area contributed by atoms with Crippen LogP contribution in [-0.2, 0) is 9.53 Å². The third-order valence-corrected chi connectivity index (χ3v) is 1.37. The van der Waals surface area contributed by atoms with Crippen molar-refractivity contribution in [1.82, 2.24) is 4.90 Å². The van der Waals surface area contributed by atoms with Gasteiger partial charge < -0.3 is 14.5 Å². The Labute approximate surface area is 89.8 Å². The quantitative estimate of drug-likeness (QED) is 0.663. The van der Waals surface area contributed by atoms with Gasteiger partial charge in [-0.2, -0.15) is 0 Å². The molecule has 0 aromatic heterocycles. The molecule has 0 saturated heterocycles. The first-order chi connectivity index (χ1) is 6.76. The maximum absolute atomic E-state index is 11.4. The second-order valence-corrected chi connectivity index (χ2v) is 4.19. The van der Waals surface area contributed by atoms with Crippen LogP contribution in [0.25, 0.3) is 4.85 Å². The highest BCUT2D eigenvalue weighted by Gasteiger charge is 2.21. The summed E-state index contributed by atoms with van der Waals surface area (Å²) in [5.74, 6) is -0.293. The number of hydrogen-bond acceptors (Lipinski definition) is 3. The van der Waals surface area contributed by atoms with Crippen LogP contribution in [0.3, 0.4) is 0 Å². The van der Waals surface area contributed by atoms with Gasteiger partial charge in [0.2, 0.25) is 5.78 Å². The van der Waals surface area contributed by atoms with E-state index in [1.807, 2.05) is 0 Å². The van der Waals surface area contributed by atoms with Crippen LogP contribution >= 0.6 is 0 Å². The third kappa shape index (κ3) is 6.49. The molecule has 0 aromatic rings. The number of carbonyl (C=O) groups excluding carboxylic acids is 2. The second kappa shape index (κ2) is 5.35. The summed E-state index contributed by atoms with van der Waals surface area (Å²) in [4.78, 5) is 26.5. The number of Topliss-reactive ketones (excluding diaryl/α,β-unsaturated/α-hetero) is 1. The standard InChI is InChI=1S/C10H16N2O3/c1-10(2,3)15-9(14)12(5)7-8(13)6-11-4/h6-7H2,1-3,5H3. The highest BCUT2D eigenvalue weighted by Crippen LogP contribution is 2.08. The van der Waals surface area contributed by atoms with Crippen LogP contribution in [0.5, 0.6) is 0 Å². The van der Waals surface area contributed by atoms with Gasteiger partial charge in [-0.1, -0.05) is 0 Å². The maximum atomic E-state index is 11.4. The minimum atomic E-state index is -0.575. The summed E-state index contributed by atoms with van der Waals surface area (Å²) in [6, 6.07) is 0. The van der Waals surface area contributed by atoms with Crippen molar-refractivity contribution in [3.05, 3.63) is 11.4 Å². The van der Waals surface area contributed by atoms with Gasteiger partial charge in [0.1, 0.15) is 5.60 Å². The Morgan fingerprint density at radius 3 is 2.33 bits per heavy atom. The molecule has 0 aliphatic rings. The van der Waals surface area contributed by atoms with Crippen molar-refractivity contribution < 1.29 is 14.3 Å². The molecule has 84 valence electrons. The average Bonchev–Trinajstić information content (AvgIpc) is 2.00. The molecule has 0 radical (unpaired) electrons. The number of nitrogens with zero attached hydrogens (tertiary/aromatic N) is 2. The molecule has 15 heavy (non-hydrogen) atoms. The van der Waals surface area contributed by atoms with Crippen LogP contribution in [-0.4, -0.2) is 42.5 Å². The Morgan fingerprint density at radius 1 is 1.40 bits per heavy atom. The molecule has 0 fully saturated rings. The van der Waals surface area contributed by atoms with E-state index in [9.17, 15) is 9.59 Å². The number of hydrogen-bond donors (Lipinski definition) is 0. The SMILES string of the molecule is [C-]#[N+]CC(=O)CN(C)C(=O)OC(C)(C)C. The highest BCUT2D eigenvalue weighted by atomic mass is 16.6. The van der Waals surface area contributed by atoms with Crippen LogP contribution in [0.15, 0.2) is 0 Å². The monoisotopic (exact) mass is 212 g/mol. The molecule has 0 saturated carbocycles. The Morgan fingerprint density at radius 2 is 1.93 bits per heavy atom. The molecule has 0 aliphatic carbocycles. The summed E-state index contributed by atoms with van der Waals surface area (Å²) >= 11 is 0. The van der Waals surface area contributed by atoms with E-state index in [0.717, 1.165) is 0 Å². The van der Waals surface area contributed by atoms with E-state index in [-0.39, 0.29) is 18.9 Å². The largest absolute Gasteiger partial charge is 0.444 e. The van der Waals surface area contributed by atoms with Crippen LogP contribution in [0, 0.1) is 6.57 Å². The van der Waals surface area contributed by atoms with E-state index in [1.165, 1.54) is 11.9 Å². The predicted octanol–water partition coefficient (Wildman–Crippen LogP) is 1.34. The van der Waals surface area contributed by atoms with Crippen LogP contribution in [0.4, 0.5) is 4.79 Å². The molecular weight excluding hydrogens is 196 g/mol. The first kappa shape index (κ1) is 13.4. The molecule has 0 aliphatic heterocycles. The maximum Gasteiger partial charge on any atom is 0.410 e. The Balaban J connectivity index is 4.12. The average molecular weight is 212 g/mol. The first-order valence-corrected chi connectivity index (χ1v) is 4.55. The van der Waals surface area contributed by atoms with E-state index in [4.69, 9.17) is 11.3 Å². The fourth-order valence-electron chi connectivity index (χ4n) is 0.807. The van der Waals surface area contributed by atoms with Gasteiger partial charge in [-0.05, 0) is 20.8 Å². The van der Waals surface area contributed by atoms with Gasteiger partial charge in [0.05, 0.1) is 6.54 Å². The zero-order valence-electron chi connectivity index (χ0n) is 9.53. The van der Waals surface area contributed by atoms with Gasteiger partial charge in [-0.15, -0.1) is 0 Å². The minimum Gasteiger partial charge on any atom is -0.444 e. The van der Waals surface area contributed by atoms with Gasteiger partial charge in [0.15, 0.2) is 0 Å². The summed E-state index contributed by atoms with van der Waals surface area (Å²) < 4.78 is 5.04. The Hall–Kier alpha value is -1.57. The van der Waals surface area contributed by atoms with E-state index >= 15 is 0 Å². The minimum absolute atomic E-state index is 0.0860. The van der Waals surface area contributed by atoms with Crippen molar-refractivity contribution in [3.8, 4) is 0 Å². The van der Waals surface area contributed by atoms with Gasteiger partial charge in [0.25, 0.3) is 6.54 Å². The van der Waals surface area contributed by atoms with Crippen LogP contribution < -0.4 is 0 Å². The molecule has 0 N–H and O–H groups in total. The molecule has 5 nitrogen and oxygen atoms in total. The van der Waals surface area contributed by atoms with E-state index in [0.29, 0.717) is 0 Å². The highest BCUT2D eigenvalue weighted by molar-refractivity contribution is 5.86. The number of carbonyl (C=O) groups is 2. The fourth-order valence-corrected chi connectivity index (χ4v) is 0.807. The lowest BCUT2D eigenvalue weighted by Gasteiger charge is -2.23. The molecule has 0 bridgehead atoms. The van der Waals surface area contributed by atoms with Crippen molar-refractivity contribution in [3.63, 3.8) is 0 Å². The van der Waals surface area contributed by atoms with Crippen molar-refractivity contribution >= 4 is 11.9 Å². The zero-order chi connectivity index (χ0) is 12.1. The lowest BCUT2D eigenvalue weighted by atomic mass is 10.2. The van der Waals surface area contributed by atoms with Crippen LogP contribution in [0.1, 0.15) is 20.8 Å². The summed E-state index contributed by atoms with van der Waals surface area (Å²) in [5.41, 5.74) is -0.575. The molecule has 0 rings (SSSR count). The Kier molecular flexibility index (Phi) is 4.79. The summed E-state index contributed by atoms with van der Waals surface area (Å²) in [6.45, 7) is 11.5. The summed E-state index contributed by atoms with van der Waals surface area (Å²) in [7, 11) is 1.47. The molecule has 0 spiro atoms. The fraction of sp³-hybridized carbons (Fsp3) is 0.700. The second-order valence-electron chi connectivity index (χ2n) is 4.19. The molecule has 1 amide bonds. The Bertz CT molecular complexity index is 286. The first-order valence-electron chi connectivity index (χ1n) is 4.55. The number of rotatable bonds is 3. The normalized spacial score (nSPS) is 10.3. The third-order valence-electron chi connectivity index (χ3n) is 1.37. The van der Waals surface area contributed by atoms with Gasteiger partial charge >= 0.3 is 6.09 Å². The van der Waals surface area contributed by atoms with E-state index in [2.05, 4.69) is 4.85 Å². The van der Waals surface area contributed by atoms with Gasteiger partial charge in [-0.25, -0.2) is 11.4 Å². The molecule has 0 unspecified atom stereocenters. The number of likely N-dealkylation sites (N-methyl/N-ethyl adjacent to an activating group) is 1. The molecule has 0 atom stereocenters. The lowest BCUT2D eigenvalue weighted by Crippen LogP contribution is -2.37. The van der Waals surface area contributed by atoms with Crippen molar-refractivity contribution in [1.29, 1.82) is 0 Å². The van der Waals surface area contributed by atoms with Gasteiger partial charge in [-0.3, -0.25) is 4.79 Å². The van der Waals surface area contributed by atoms with Crippen molar-refractivity contribution in [2.24, 2.45) is 0 Å². The topological polar surface area (TPSA) is 51.0 Å². The molecule has 5 heteroatoms. The number of amides is 1. The number of ketones is 1. The molecule has 0 heterocycles. The van der Waals surface area contributed by atoms with Gasteiger partial charge in [0, 0.05) is 7.05 Å². The van der Waals surface area contributed by atoms with Crippen molar-refractivity contribution in [2.45, 2.75) is 26.4 Å². The molecular formula is C10H16N2O3. The van der Waals surface area contributed by atoms with Crippen LogP contribution in [0.2, 0.25) is 0 Å².